The lowest BCUT2D eigenvalue weighted by Gasteiger charge is -2.37. The Bertz CT molecular complexity index is 1050. The van der Waals surface area contributed by atoms with Crippen molar-refractivity contribution in [3.63, 3.8) is 0 Å². The standard InChI is InChI=1S/C25H24ClN3O/c1-2-3-17-27-25(30)23-21-11-7-8-12-22(21)28-24(18-9-5-4-6-10-18)29(23)20-15-13-19(26)14-16-20/h4-16,23H,2-3,17H2,1H3,(H,27,30). The van der Waals surface area contributed by atoms with Crippen LogP contribution in [0.3, 0.4) is 0 Å². The average molecular weight is 418 g/mol. The van der Waals surface area contributed by atoms with Crippen LogP contribution in [-0.4, -0.2) is 18.3 Å². The molecule has 1 amide bonds. The highest BCUT2D eigenvalue weighted by atomic mass is 35.5. The molecule has 1 atom stereocenters. The second-order valence-corrected chi connectivity index (χ2v) is 7.69. The zero-order valence-corrected chi connectivity index (χ0v) is 17.6. The third-order valence-corrected chi connectivity index (χ3v) is 5.41. The molecule has 0 radical (unpaired) electrons. The summed E-state index contributed by atoms with van der Waals surface area (Å²) in [5, 5.41) is 3.77. The van der Waals surface area contributed by atoms with Crippen LogP contribution in [-0.2, 0) is 4.79 Å². The highest BCUT2D eigenvalue weighted by Gasteiger charge is 2.36. The van der Waals surface area contributed by atoms with Gasteiger partial charge in [0.1, 0.15) is 11.9 Å². The fourth-order valence-electron chi connectivity index (χ4n) is 3.66. The van der Waals surface area contributed by atoms with E-state index in [1.807, 2.05) is 83.8 Å². The van der Waals surface area contributed by atoms with Crippen molar-refractivity contribution in [1.29, 1.82) is 0 Å². The van der Waals surface area contributed by atoms with Crippen molar-refractivity contribution in [2.24, 2.45) is 4.99 Å². The Hall–Kier alpha value is -3.11. The smallest absolute Gasteiger partial charge is 0.247 e. The van der Waals surface area contributed by atoms with E-state index in [0.717, 1.165) is 41.2 Å². The number of nitrogens with zero attached hydrogens (tertiary/aromatic N) is 2. The summed E-state index contributed by atoms with van der Waals surface area (Å²) in [5.74, 6) is 0.710. The predicted molar refractivity (Wildman–Crippen MR) is 124 cm³/mol. The Labute approximate surface area is 182 Å². The minimum absolute atomic E-state index is 0.0332. The molecule has 3 aromatic carbocycles. The van der Waals surface area contributed by atoms with E-state index in [1.54, 1.807) is 0 Å². The van der Waals surface area contributed by atoms with E-state index in [0.29, 0.717) is 11.6 Å². The van der Waals surface area contributed by atoms with Crippen LogP contribution >= 0.6 is 11.6 Å². The Morgan fingerprint density at radius 1 is 1.00 bits per heavy atom. The largest absolute Gasteiger partial charge is 0.354 e. The number of anilines is 1. The lowest BCUT2D eigenvalue weighted by atomic mass is 9.97. The summed E-state index contributed by atoms with van der Waals surface area (Å²) >= 11 is 6.14. The van der Waals surface area contributed by atoms with Crippen LogP contribution < -0.4 is 10.2 Å². The van der Waals surface area contributed by atoms with Crippen LogP contribution in [0.25, 0.3) is 0 Å². The summed E-state index contributed by atoms with van der Waals surface area (Å²) in [4.78, 5) is 20.4. The molecule has 0 spiro atoms. The van der Waals surface area contributed by atoms with Crippen molar-refractivity contribution in [2.45, 2.75) is 25.8 Å². The van der Waals surface area contributed by atoms with Crippen molar-refractivity contribution < 1.29 is 4.79 Å². The number of para-hydroxylation sites is 1. The maximum atomic E-state index is 13.4. The third kappa shape index (κ3) is 4.10. The summed E-state index contributed by atoms with van der Waals surface area (Å²) in [6.45, 7) is 2.77. The number of fused-ring (bicyclic) bond motifs is 1. The normalized spacial score (nSPS) is 15.3. The molecule has 1 unspecified atom stereocenters. The molecule has 1 heterocycles. The summed E-state index contributed by atoms with van der Waals surface area (Å²) < 4.78 is 0. The molecule has 0 saturated carbocycles. The number of carbonyl (C=O) groups excluding carboxylic acids is 1. The van der Waals surface area contributed by atoms with Crippen LogP contribution in [0.2, 0.25) is 5.02 Å². The van der Waals surface area contributed by atoms with Crippen LogP contribution in [0.4, 0.5) is 11.4 Å². The zero-order valence-electron chi connectivity index (χ0n) is 16.9. The maximum absolute atomic E-state index is 13.4. The Morgan fingerprint density at radius 2 is 1.70 bits per heavy atom. The predicted octanol–water partition coefficient (Wildman–Crippen LogP) is 5.90. The Balaban J connectivity index is 1.87. The van der Waals surface area contributed by atoms with Gasteiger partial charge in [-0.05, 0) is 36.8 Å². The van der Waals surface area contributed by atoms with E-state index in [9.17, 15) is 4.79 Å². The molecule has 152 valence electrons. The molecule has 1 aliphatic rings. The van der Waals surface area contributed by atoms with Gasteiger partial charge >= 0.3 is 0 Å². The van der Waals surface area contributed by atoms with Gasteiger partial charge in [0, 0.05) is 28.4 Å². The lowest BCUT2D eigenvalue weighted by molar-refractivity contribution is -0.122. The number of nitrogens with one attached hydrogen (secondary N) is 1. The van der Waals surface area contributed by atoms with Gasteiger partial charge in [0.2, 0.25) is 5.91 Å². The topological polar surface area (TPSA) is 44.7 Å². The van der Waals surface area contributed by atoms with Crippen LogP contribution in [0.15, 0.2) is 83.9 Å². The van der Waals surface area contributed by atoms with E-state index < -0.39 is 6.04 Å². The monoisotopic (exact) mass is 417 g/mol. The minimum atomic E-state index is -0.521. The fourth-order valence-corrected chi connectivity index (χ4v) is 3.78. The quantitative estimate of drug-likeness (QED) is 0.508. The number of amides is 1. The lowest BCUT2D eigenvalue weighted by Crippen LogP contribution is -2.46. The molecule has 1 N–H and O–H groups in total. The van der Waals surface area contributed by atoms with E-state index in [1.165, 1.54) is 0 Å². The third-order valence-electron chi connectivity index (χ3n) is 5.16. The zero-order chi connectivity index (χ0) is 20.9. The van der Waals surface area contributed by atoms with Gasteiger partial charge in [0.25, 0.3) is 0 Å². The molecule has 0 saturated heterocycles. The number of rotatable bonds is 6. The second kappa shape index (κ2) is 9.14. The Kier molecular flexibility index (Phi) is 6.15. The molecular formula is C25H24ClN3O. The van der Waals surface area contributed by atoms with Crippen molar-refractivity contribution in [2.75, 3.05) is 11.4 Å². The first-order chi connectivity index (χ1) is 14.7. The number of carbonyl (C=O) groups is 1. The van der Waals surface area contributed by atoms with Gasteiger partial charge in [-0.15, -0.1) is 0 Å². The maximum Gasteiger partial charge on any atom is 0.247 e. The minimum Gasteiger partial charge on any atom is -0.354 e. The van der Waals surface area contributed by atoms with Gasteiger partial charge in [-0.25, -0.2) is 4.99 Å². The number of aliphatic imine (C=N–C) groups is 1. The summed E-state index contributed by atoms with van der Waals surface area (Å²) in [5.41, 5.74) is 3.53. The van der Waals surface area contributed by atoms with Crippen molar-refractivity contribution >= 4 is 34.7 Å². The van der Waals surface area contributed by atoms with Crippen LogP contribution in [0, 0.1) is 0 Å². The summed E-state index contributed by atoms with van der Waals surface area (Å²) in [6, 6.07) is 24.8. The highest BCUT2D eigenvalue weighted by molar-refractivity contribution is 6.30. The molecule has 0 aliphatic carbocycles. The molecule has 4 rings (SSSR count). The van der Waals surface area contributed by atoms with Crippen molar-refractivity contribution in [3.8, 4) is 0 Å². The number of halogens is 1. The molecule has 3 aromatic rings. The van der Waals surface area contributed by atoms with Crippen LogP contribution in [0.5, 0.6) is 0 Å². The van der Waals surface area contributed by atoms with Gasteiger partial charge in [0.15, 0.2) is 0 Å². The number of amidine groups is 1. The fraction of sp³-hybridized carbons (Fsp3) is 0.200. The number of unbranched alkanes of at least 4 members (excludes halogenated alkanes) is 1. The molecule has 0 fully saturated rings. The molecule has 0 aromatic heterocycles. The molecule has 30 heavy (non-hydrogen) atoms. The molecule has 5 heteroatoms. The number of hydrogen-bond donors (Lipinski definition) is 1. The van der Waals surface area contributed by atoms with Gasteiger partial charge < -0.3 is 10.2 Å². The summed E-state index contributed by atoms with van der Waals surface area (Å²) in [6.07, 6.45) is 1.97. The Morgan fingerprint density at radius 3 is 2.43 bits per heavy atom. The first-order valence-electron chi connectivity index (χ1n) is 10.2. The van der Waals surface area contributed by atoms with E-state index >= 15 is 0 Å². The molecule has 1 aliphatic heterocycles. The summed E-state index contributed by atoms with van der Waals surface area (Å²) in [7, 11) is 0. The SMILES string of the molecule is CCCCNC(=O)C1c2ccccc2N=C(c2ccccc2)N1c1ccc(Cl)cc1. The van der Waals surface area contributed by atoms with Crippen molar-refractivity contribution in [1.82, 2.24) is 5.32 Å². The molecule has 0 bridgehead atoms. The number of hydrogen-bond acceptors (Lipinski definition) is 3. The molecular weight excluding hydrogens is 394 g/mol. The van der Waals surface area contributed by atoms with Gasteiger partial charge in [-0.1, -0.05) is 73.5 Å². The van der Waals surface area contributed by atoms with E-state index in [4.69, 9.17) is 16.6 Å². The van der Waals surface area contributed by atoms with Crippen LogP contribution in [0.1, 0.15) is 36.9 Å². The van der Waals surface area contributed by atoms with Gasteiger partial charge in [0.05, 0.1) is 5.69 Å². The highest BCUT2D eigenvalue weighted by Crippen LogP contribution is 2.39. The second-order valence-electron chi connectivity index (χ2n) is 7.25. The number of benzene rings is 3. The molecule has 4 nitrogen and oxygen atoms in total. The average Bonchev–Trinajstić information content (AvgIpc) is 2.79. The van der Waals surface area contributed by atoms with E-state index in [-0.39, 0.29) is 5.91 Å². The first kappa shape index (κ1) is 20.2. The van der Waals surface area contributed by atoms with E-state index in [2.05, 4.69) is 12.2 Å². The van der Waals surface area contributed by atoms with Gasteiger partial charge in [-0.3, -0.25) is 4.79 Å². The van der Waals surface area contributed by atoms with Crippen molar-refractivity contribution in [3.05, 3.63) is 95.0 Å². The first-order valence-corrected chi connectivity index (χ1v) is 10.6. The van der Waals surface area contributed by atoms with Gasteiger partial charge in [-0.2, -0.15) is 0 Å².